The van der Waals surface area contributed by atoms with Gasteiger partial charge in [-0.25, -0.2) is 13.6 Å². The molecule has 1 atom stereocenters. The molecule has 1 unspecified atom stereocenters. The molecule has 154 valence electrons. The summed E-state index contributed by atoms with van der Waals surface area (Å²) < 4.78 is 32.9. The lowest BCUT2D eigenvalue weighted by Crippen LogP contribution is -2.44. The predicted molar refractivity (Wildman–Crippen MR) is 95.9 cm³/mol. The minimum absolute atomic E-state index is 0.188. The second-order valence-corrected chi connectivity index (χ2v) is 7.71. The van der Waals surface area contributed by atoms with Crippen LogP contribution in [0.5, 0.6) is 5.75 Å². The van der Waals surface area contributed by atoms with Crippen molar-refractivity contribution in [1.82, 2.24) is 4.90 Å². The van der Waals surface area contributed by atoms with E-state index in [0.29, 0.717) is 19.4 Å². The lowest BCUT2D eigenvalue weighted by molar-refractivity contribution is -0.386. The van der Waals surface area contributed by atoms with Gasteiger partial charge in [0.1, 0.15) is 0 Å². The van der Waals surface area contributed by atoms with Crippen molar-refractivity contribution in [1.29, 1.82) is 0 Å². The number of carbonyl (C=O) groups excluding carboxylic acids is 2. The van der Waals surface area contributed by atoms with Crippen molar-refractivity contribution in [3.05, 3.63) is 28.3 Å². The summed E-state index contributed by atoms with van der Waals surface area (Å²) in [5, 5.41) is 16.1. The number of esters is 1. The third kappa shape index (κ3) is 5.39. The van der Waals surface area contributed by atoms with Crippen LogP contribution in [0.3, 0.4) is 0 Å². The normalized spacial score (nSPS) is 17.1. The fourth-order valence-corrected chi connectivity index (χ4v) is 3.36. The number of ether oxygens (including phenoxy) is 2. The molecule has 0 aliphatic carbocycles. The van der Waals surface area contributed by atoms with Crippen molar-refractivity contribution in [2.75, 3.05) is 26.3 Å². The summed E-state index contributed by atoms with van der Waals surface area (Å²) in [6.07, 6.45) is 1.24. The van der Waals surface area contributed by atoms with E-state index in [4.69, 9.17) is 14.6 Å². The van der Waals surface area contributed by atoms with Gasteiger partial charge in [0.05, 0.1) is 22.3 Å². The summed E-state index contributed by atoms with van der Waals surface area (Å²) in [6.45, 7) is 2.08. The average molecular weight is 415 g/mol. The number of sulfonamides is 1. The Bertz CT molecular complexity index is 871. The Morgan fingerprint density at radius 1 is 1.39 bits per heavy atom. The molecule has 0 radical (unpaired) electrons. The highest BCUT2D eigenvalue weighted by molar-refractivity contribution is 7.89. The number of piperidine rings is 1. The first-order valence-electron chi connectivity index (χ1n) is 8.52. The zero-order valence-electron chi connectivity index (χ0n) is 15.2. The fourth-order valence-electron chi connectivity index (χ4n) is 2.83. The Hall–Kier alpha value is -2.73. The third-order valence-electron chi connectivity index (χ3n) is 4.20. The van der Waals surface area contributed by atoms with E-state index in [1.54, 1.807) is 6.92 Å². The molecule has 28 heavy (non-hydrogen) atoms. The molecule has 0 saturated carbocycles. The van der Waals surface area contributed by atoms with E-state index >= 15 is 0 Å². The number of nitrogens with zero attached hydrogens (tertiary/aromatic N) is 2. The van der Waals surface area contributed by atoms with Gasteiger partial charge in [0.15, 0.2) is 12.4 Å². The van der Waals surface area contributed by atoms with Gasteiger partial charge >= 0.3 is 11.7 Å². The van der Waals surface area contributed by atoms with Gasteiger partial charge in [0.25, 0.3) is 5.91 Å². The molecule has 12 heteroatoms. The number of hydrogen-bond acceptors (Lipinski definition) is 8. The number of hydrogen-bond donors (Lipinski definition) is 1. The molecule has 2 rings (SSSR count). The van der Waals surface area contributed by atoms with Crippen LogP contribution >= 0.6 is 0 Å². The second-order valence-electron chi connectivity index (χ2n) is 6.15. The van der Waals surface area contributed by atoms with E-state index in [2.05, 4.69) is 0 Å². The van der Waals surface area contributed by atoms with Crippen molar-refractivity contribution >= 4 is 27.6 Å². The first-order chi connectivity index (χ1) is 13.1. The molecule has 1 aliphatic heterocycles. The van der Waals surface area contributed by atoms with E-state index in [1.165, 1.54) is 4.90 Å². The zero-order chi connectivity index (χ0) is 20.9. The second kappa shape index (κ2) is 8.97. The van der Waals surface area contributed by atoms with Crippen LogP contribution in [-0.4, -0.2) is 56.4 Å². The molecule has 2 N–H and O–H groups in total. The minimum atomic E-state index is -4.12. The van der Waals surface area contributed by atoms with E-state index in [1.807, 2.05) is 0 Å². The summed E-state index contributed by atoms with van der Waals surface area (Å²) in [7, 11) is -4.12. The number of nitro groups is 1. The molecule has 0 bridgehead atoms. The molecule has 1 heterocycles. The zero-order valence-corrected chi connectivity index (χ0v) is 16.0. The molecular weight excluding hydrogens is 394 g/mol. The standard InChI is InChI=1S/C16H21N3O8S/c1-2-26-16(21)11-4-3-7-18(9-11)15(20)10-27-14-6-5-12(28(17,24)25)8-13(14)19(22)23/h5-6,8,11H,2-4,7,9-10H2,1H3,(H2,17,24,25). The summed E-state index contributed by atoms with van der Waals surface area (Å²) >= 11 is 0. The molecule has 0 spiro atoms. The highest BCUT2D eigenvalue weighted by Gasteiger charge is 2.30. The van der Waals surface area contributed by atoms with Crippen LogP contribution in [0.4, 0.5) is 5.69 Å². The highest BCUT2D eigenvalue weighted by atomic mass is 32.2. The van der Waals surface area contributed by atoms with E-state index in [-0.39, 0.29) is 24.9 Å². The van der Waals surface area contributed by atoms with Crippen LogP contribution < -0.4 is 9.88 Å². The molecule has 0 aromatic heterocycles. The molecule has 1 amide bonds. The topological polar surface area (TPSA) is 159 Å². The maximum atomic E-state index is 12.4. The van der Waals surface area contributed by atoms with Crippen molar-refractivity contribution < 1.29 is 32.4 Å². The Kier molecular flexibility index (Phi) is 6.91. The number of amides is 1. The monoisotopic (exact) mass is 415 g/mol. The SMILES string of the molecule is CCOC(=O)C1CCCN(C(=O)COc2ccc(S(N)(=O)=O)cc2[N+](=O)[O-])C1. The number of nitrogens with two attached hydrogens (primary N) is 1. The van der Waals surface area contributed by atoms with Crippen LogP contribution in [-0.2, 0) is 24.3 Å². The Labute approximate surface area is 161 Å². The van der Waals surface area contributed by atoms with Crippen molar-refractivity contribution in [3.8, 4) is 5.75 Å². The van der Waals surface area contributed by atoms with Gasteiger partial charge in [-0.15, -0.1) is 0 Å². The van der Waals surface area contributed by atoms with Crippen molar-refractivity contribution in [3.63, 3.8) is 0 Å². The summed E-state index contributed by atoms with van der Waals surface area (Å²) in [5.74, 6) is -1.49. The van der Waals surface area contributed by atoms with Gasteiger partial charge in [0, 0.05) is 19.2 Å². The lowest BCUT2D eigenvalue weighted by atomic mass is 9.98. The molecule has 11 nitrogen and oxygen atoms in total. The fraction of sp³-hybridized carbons (Fsp3) is 0.500. The van der Waals surface area contributed by atoms with Gasteiger partial charge in [-0.3, -0.25) is 19.7 Å². The van der Waals surface area contributed by atoms with Crippen molar-refractivity contribution in [2.24, 2.45) is 11.1 Å². The van der Waals surface area contributed by atoms with E-state index in [0.717, 1.165) is 18.2 Å². The Morgan fingerprint density at radius 3 is 2.71 bits per heavy atom. The number of likely N-dealkylation sites (tertiary alicyclic amines) is 1. The average Bonchev–Trinajstić information content (AvgIpc) is 2.65. The summed E-state index contributed by atoms with van der Waals surface area (Å²) in [6, 6.07) is 2.90. The maximum absolute atomic E-state index is 12.4. The van der Waals surface area contributed by atoms with Crippen LogP contribution in [0, 0.1) is 16.0 Å². The number of rotatable bonds is 7. The van der Waals surface area contributed by atoms with E-state index in [9.17, 15) is 28.1 Å². The predicted octanol–water partition coefficient (Wildman–Crippen LogP) is 0.423. The van der Waals surface area contributed by atoms with Gasteiger partial charge < -0.3 is 14.4 Å². The van der Waals surface area contributed by atoms with Crippen LogP contribution in [0.2, 0.25) is 0 Å². The molecule has 1 aromatic carbocycles. The van der Waals surface area contributed by atoms with Crippen LogP contribution in [0.25, 0.3) is 0 Å². The Balaban J connectivity index is 2.06. The summed E-state index contributed by atoms with van der Waals surface area (Å²) in [4.78, 5) is 35.6. The van der Waals surface area contributed by atoms with Gasteiger partial charge in [-0.05, 0) is 31.9 Å². The minimum Gasteiger partial charge on any atom is -0.477 e. The number of benzene rings is 1. The van der Waals surface area contributed by atoms with Gasteiger partial charge in [-0.2, -0.15) is 0 Å². The Morgan fingerprint density at radius 2 is 2.11 bits per heavy atom. The molecule has 1 saturated heterocycles. The first-order valence-corrected chi connectivity index (χ1v) is 10.1. The van der Waals surface area contributed by atoms with Crippen LogP contribution in [0.15, 0.2) is 23.1 Å². The highest BCUT2D eigenvalue weighted by Crippen LogP contribution is 2.29. The largest absolute Gasteiger partial charge is 0.477 e. The van der Waals surface area contributed by atoms with Gasteiger partial charge in [-0.1, -0.05) is 0 Å². The van der Waals surface area contributed by atoms with Gasteiger partial charge in [0.2, 0.25) is 10.0 Å². The molecule has 1 aromatic rings. The smallest absolute Gasteiger partial charge is 0.312 e. The lowest BCUT2D eigenvalue weighted by Gasteiger charge is -2.31. The summed E-state index contributed by atoms with van der Waals surface area (Å²) in [5.41, 5.74) is -0.623. The molecular formula is C16H21N3O8S. The quantitative estimate of drug-likeness (QED) is 0.381. The first kappa shape index (κ1) is 21.6. The van der Waals surface area contributed by atoms with E-state index < -0.39 is 44.0 Å². The number of primary sulfonamides is 1. The van der Waals surface area contributed by atoms with Crippen LogP contribution in [0.1, 0.15) is 19.8 Å². The maximum Gasteiger partial charge on any atom is 0.312 e. The molecule has 1 aliphatic rings. The third-order valence-corrected chi connectivity index (χ3v) is 5.11. The number of carbonyl (C=O) groups is 2. The number of nitro benzene ring substituents is 1. The van der Waals surface area contributed by atoms with Crippen molar-refractivity contribution in [2.45, 2.75) is 24.7 Å². The molecule has 1 fully saturated rings.